The van der Waals surface area contributed by atoms with Crippen LogP contribution in [0.15, 0.2) is 0 Å². The molecule has 1 aliphatic heterocycles. The molecule has 1 aliphatic carbocycles. The molecule has 0 bridgehead atoms. The van der Waals surface area contributed by atoms with Crippen molar-refractivity contribution in [2.24, 2.45) is 0 Å². The average molecular weight is 339 g/mol. The van der Waals surface area contributed by atoms with E-state index in [1.807, 2.05) is 25.7 Å². The first-order valence-electron chi connectivity index (χ1n) is 10.1. The van der Waals surface area contributed by atoms with E-state index in [0.717, 1.165) is 32.2 Å². The van der Waals surface area contributed by atoms with Crippen molar-refractivity contribution in [3.8, 4) is 0 Å². The molecule has 1 saturated carbocycles. The number of likely N-dealkylation sites (tertiary alicyclic amines) is 1. The van der Waals surface area contributed by atoms with Crippen LogP contribution < -0.4 is 5.32 Å². The molecule has 1 N–H and O–H groups in total. The van der Waals surface area contributed by atoms with Gasteiger partial charge in [0.1, 0.15) is 5.60 Å². The highest BCUT2D eigenvalue weighted by Gasteiger charge is 2.49. The smallest absolute Gasteiger partial charge is 0.410 e. The van der Waals surface area contributed by atoms with Crippen LogP contribution in [-0.4, -0.2) is 40.8 Å². The van der Waals surface area contributed by atoms with Crippen molar-refractivity contribution >= 4 is 6.09 Å². The van der Waals surface area contributed by atoms with Crippen molar-refractivity contribution in [3.63, 3.8) is 0 Å². The van der Waals surface area contributed by atoms with E-state index in [0.29, 0.717) is 12.1 Å². The molecular weight excluding hydrogens is 300 g/mol. The van der Waals surface area contributed by atoms with Crippen molar-refractivity contribution in [2.75, 3.05) is 6.54 Å². The third-order valence-electron chi connectivity index (χ3n) is 5.67. The lowest BCUT2D eigenvalue weighted by atomic mass is 9.69. The molecule has 4 nitrogen and oxygen atoms in total. The second-order valence-corrected chi connectivity index (χ2v) is 8.81. The number of hydrogen-bond acceptors (Lipinski definition) is 3. The Morgan fingerprint density at radius 1 is 1.33 bits per heavy atom. The Labute approximate surface area is 148 Å². The molecule has 0 radical (unpaired) electrons. The van der Waals surface area contributed by atoms with Gasteiger partial charge in [0.15, 0.2) is 0 Å². The van der Waals surface area contributed by atoms with Crippen molar-refractivity contribution in [3.05, 3.63) is 0 Å². The van der Waals surface area contributed by atoms with Crippen molar-refractivity contribution in [2.45, 2.75) is 116 Å². The highest BCUT2D eigenvalue weighted by atomic mass is 16.6. The number of carbonyl (C=O) groups excluding carboxylic acids is 1. The van der Waals surface area contributed by atoms with Gasteiger partial charge in [-0.3, -0.25) is 0 Å². The average Bonchev–Trinajstić information content (AvgIpc) is 2.47. The Balaban J connectivity index is 1.95. The standard InChI is InChI=1S/C20H38N2O2/c1-6-8-10-16(7-2)21-17-11-14-22(18(23)24-19(3,4)5)20(15-17)12-9-13-20/h16-17,21H,6-15H2,1-5H3. The molecule has 0 aromatic heterocycles. The maximum Gasteiger partial charge on any atom is 0.410 e. The number of ether oxygens (including phenoxy) is 1. The van der Waals surface area contributed by atoms with Crippen LogP contribution >= 0.6 is 0 Å². The monoisotopic (exact) mass is 338 g/mol. The Bertz CT molecular complexity index is 412. The second-order valence-electron chi connectivity index (χ2n) is 8.81. The summed E-state index contributed by atoms with van der Waals surface area (Å²) >= 11 is 0. The van der Waals surface area contributed by atoms with E-state index in [1.54, 1.807) is 0 Å². The maximum atomic E-state index is 12.6. The minimum atomic E-state index is -0.412. The summed E-state index contributed by atoms with van der Waals surface area (Å²) in [6.07, 6.45) is 10.6. The number of rotatable bonds is 6. The summed E-state index contributed by atoms with van der Waals surface area (Å²) in [6, 6.07) is 1.17. The number of carbonyl (C=O) groups is 1. The van der Waals surface area contributed by atoms with Crippen LogP contribution in [0.2, 0.25) is 0 Å². The molecule has 0 aromatic rings. The van der Waals surface area contributed by atoms with Crippen LogP contribution in [0.5, 0.6) is 0 Å². The van der Waals surface area contributed by atoms with Gasteiger partial charge in [0.25, 0.3) is 0 Å². The normalized spacial score (nSPS) is 24.5. The Morgan fingerprint density at radius 3 is 2.54 bits per heavy atom. The lowest BCUT2D eigenvalue weighted by molar-refractivity contribution is -0.0502. The summed E-state index contributed by atoms with van der Waals surface area (Å²) in [4.78, 5) is 14.7. The van der Waals surface area contributed by atoms with Gasteiger partial charge in [-0.15, -0.1) is 0 Å². The van der Waals surface area contributed by atoms with Crippen LogP contribution in [0.25, 0.3) is 0 Å². The first kappa shape index (κ1) is 19.6. The summed E-state index contributed by atoms with van der Waals surface area (Å²) in [5.74, 6) is 0. The molecule has 2 rings (SSSR count). The fourth-order valence-corrected chi connectivity index (χ4v) is 4.19. The maximum absolute atomic E-state index is 12.6. The van der Waals surface area contributed by atoms with Crippen LogP contribution in [-0.2, 0) is 4.74 Å². The minimum absolute atomic E-state index is 0.0568. The first-order valence-corrected chi connectivity index (χ1v) is 10.1. The molecule has 140 valence electrons. The summed E-state index contributed by atoms with van der Waals surface area (Å²) in [7, 11) is 0. The SMILES string of the molecule is CCCCC(CC)NC1CCN(C(=O)OC(C)(C)C)C2(CCC2)C1. The van der Waals surface area contributed by atoms with E-state index < -0.39 is 5.60 Å². The number of piperidine rings is 1. The predicted molar refractivity (Wildman–Crippen MR) is 99.3 cm³/mol. The number of hydrogen-bond donors (Lipinski definition) is 1. The Hall–Kier alpha value is -0.770. The van der Waals surface area contributed by atoms with Gasteiger partial charge >= 0.3 is 6.09 Å². The number of unbranched alkanes of at least 4 members (excludes halogenated alkanes) is 1. The van der Waals surface area contributed by atoms with E-state index in [1.165, 1.54) is 32.1 Å². The van der Waals surface area contributed by atoms with E-state index in [2.05, 4.69) is 19.2 Å². The zero-order valence-corrected chi connectivity index (χ0v) is 16.5. The molecule has 1 amide bonds. The highest BCUT2D eigenvalue weighted by Crippen LogP contribution is 2.45. The molecular formula is C20H38N2O2. The van der Waals surface area contributed by atoms with Gasteiger partial charge in [0, 0.05) is 24.2 Å². The van der Waals surface area contributed by atoms with Crippen LogP contribution in [0.3, 0.4) is 0 Å². The van der Waals surface area contributed by atoms with Gasteiger partial charge in [-0.1, -0.05) is 26.7 Å². The highest BCUT2D eigenvalue weighted by molar-refractivity contribution is 5.69. The molecule has 1 spiro atoms. The molecule has 2 unspecified atom stereocenters. The molecule has 4 heteroatoms. The van der Waals surface area contributed by atoms with Gasteiger partial charge in [-0.05, 0) is 65.7 Å². The zero-order chi connectivity index (χ0) is 17.8. The molecule has 24 heavy (non-hydrogen) atoms. The van der Waals surface area contributed by atoms with Gasteiger partial charge in [-0.25, -0.2) is 4.79 Å². The molecule has 1 heterocycles. The third kappa shape index (κ3) is 4.87. The zero-order valence-electron chi connectivity index (χ0n) is 16.5. The van der Waals surface area contributed by atoms with Crippen molar-refractivity contribution < 1.29 is 9.53 Å². The summed E-state index contributed by atoms with van der Waals surface area (Å²) < 4.78 is 5.67. The third-order valence-corrected chi connectivity index (χ3v) is 5.67. The van der Waals surface area contributed by atoms with E-state index in [4.69, 9.17) is 4.74 Å². The Morgan fingerprint density at radius 2 is 2.04 bits per heavy atom. The minimum Gasteiger partial charge on any atom is -0.444 e. The van der Waals surface area contributed by atoms with Gasteiger partial charge < -0.3 is 15.0 Å². The molecule has 2 fully saturated rings. The van der Waals surface area contributed by atoms with Crippen molar-refractivity contribution in [1.29, 1.82) is 0 Å². The number of nitrogens with zero attached hydrogens (tertiary/aromatic N) is 1. The van der Waals surface area contributed by atoms with Crippen LogP contribution in [0, 0.1) is 0 Å². The van der Waals surface area contributed by atoms with Crippen LogP contribution in [0.4, 0.5) is 4.79 Å². The lowest BCUT2D eigenvalue weighted by Gasteiger charge is -2.55. The molecule has 1 saturated heterocycles. The lowest BCUT2D eigenvalue weighted by Crippen LogP contribution is -2.64. The fourth-order valence-electron chi connectivity index (χ4n) is 4.19. The molecule has 0 aromatic carbocycles. The van der Waals surface area contributed by atoms with Crippen LogP contribution in [0.1, 0.15) is 92.4 Å². The van der Waals surface area contributed by atoms with Gasteiger partial charge in [0.2, 0.25) is 0 Å². The topological polar surface area (TPSA) is 41.6 Å². The predicted octanol–water partition coefficient (Wildman–Crippen LogP) is 4.87. The molecule has 2 atom stereocenters. The van der Waals surface area contributed by atoms with E-state index >= 15 is 0 Å². The fraction of sp³-hybridized carbons (Fsp3) is 0.950. The molecule has 2 aliphatic rings. The summed E-state index contributed by atoms with van der Waals surface area (Å²) in [5, 5.41) is 3.89. The van der Waals surface area contributed by atoms with Crippen molar-refractivity contribution in [1.82, 2.24) is 10.2 Å². The summed E-state index contributed by atoms with van der Waals surface area (Å²) in [6.45, 7) is 11.2. The number of amides is 1. The second kappa shape index (κ2) is 8.07. The van der Waals surface area contributed by atoms with Gasteiger partial charge in [-0.2, -0.15) is 0 Å². The quantitative estimate of drug-likeness (QED) is 0.751. The number of nitrogens with one attached hydrogen (secondary N) is 1. The summed E-state index contributed by atoms with van der Waals surface area (Å²) in [5.41, 5.74) is -0.355. The van der Waals surface area contributed by atoms with Gasteiger partial charge in [0.05, 0.1) is 0 Å². The van der Waals surface area contributed by atoms with E-state index in [9.17, 15) is 4.79 Å². The Kier molecular flexibility index (Phi) is 6.58. The van der Waals surface area contributed by atoms with E-state index in [-0.39, 0.29) is 11.6 Å². The first-order chi connectivity index (χ1) is 11.3. The largest absolute Gasteiger partial charge is 0.444 e.